The maximum absolute atomic E-state index is 14.2. The van der Waals surface area contributed by atoms with Crippen LogP contribution >= 0.6 is 0 Å². The highest BCUT2D eigenvalue weighted by Crippen LogP contribution is 2.18. The number of benzene rings is 2. The molecule has 0 aliphatic heterocycles. The molecule has 7 heteroatoms. The van der Waals surface area contributed by atoms with E-state index >= 15 is 0 Å². The van der Waals surface area contributed by atoms with E-state index in [-0.39, 0.29) is 30.8 Å². The average Bonchev–Trinajstić information content (AvgIpc) is 2.80. The van der Waals surface area contributed by atoms with Gasteiger partial charge in [-0.15, -0.1) is 0 Å². The third kappa shape index (κ3) is 7.55. The van der Waals surface area contributed by atoms with Gasteiger partial charge in [0.1, 0.15) is 23.4 Å². The number of ether oxygens (including phenoxy) is 2. The zero-order valence-electron chi connectivity index (χ0n) is 19.3. The maximum Gasteiger partial charge on any atom is 0.242 e. The highest BCUT2D eigenvalue weighted by molar-refractivity contribution is 5.87. The smallest absolute Gasteiger partial charge is 0.242 e. The Hall–Kier alpha value is -3.09. The Balaban J connectivity index is 2.00. The fourth-order valence-corrected chi connectivity index (χ4v) is 3.09. The van der Waals surface area contributed by atoms with Gasteiger partial charge < -0.3 is 19.7 Å². The summed E-state index contributed by atoms with van der Waals surface area (Å²) < 4.78 is 25.0. The van der Waals surface area contributed by atoms with Crippen LogP contribution in [0.5, 0.6) is 11.5 Å². The van der Waals surface area contributed by atoms with Crippen molar-refractivity contribution in [2.24, 2.45) is 0 Å². The SMILES string of the molecule is CC[C@@H](C)NC(=O)[C@@H](C)N(Cc1ccccc1F)C(=O)CCCOc1ccc(OC)cc1. The summed E-state index contributed by atoms with van der Waals surface area (Å²) >= 11 is 0. The number of hydrogen-bond donors (Lipinski definition) is 1. The Morgan fingerprint density at radius 3 is 2.34 bits per heavy atom. The Morgan fingerprint density at radius 2 is 1.72 bits per heavy atom. The molecule has 0 saturated heterocycles. The van der Waals surface area contributed by atoms with E-state index in [0.29, 0.717) is 24.3 Å². The lowest BCUT2D eigenvalue weighted by Crippen LogP contribution is -2.49. The molecule has 0 spiro atoms. The second-order valence-electron chi connectivity index (χ2n) is 7.73. The standard InChI is InChI=1S/C25H33FN2O4/c1-5-18(2)27-25(30)19(3)28(17-20-9-6-7-10-23(20)26)24(29)11-8-16-32-22-14-12-21(31-4)13-15-22/h6-7,9-10,12-15,18-19H,5,8,11,16-17H2,1-4H3,(H,27,30)/t18-,19-/m1/s1. The van der Waals surface area contributed by atoms with Crippen molar-refractivity contribution in [2.75, 3.05) is 13.7 Å². The van der Waals surface area contributed by atoms with E-state index in [0.717, 1.165) is 12.2 Å². The molecule has 0 unspecified atom stereocenters. The summed E-state index contributed by atoms with van der Waals surface area (Å²) in [7, 11) is 1.60. The van der Waals surface area contributed by atoms with E-state index < -0.39 is 11.9 Å². The summed E-state index contributed by atoms with van der Waals surface area (Å²) in [4.78, 5) is 27.1. The van der Waals surface area contributed by atoms with Gasteiger partial charge in [-0.1, -0.05) is 25.1 Å². The molecule has 0 aliphatic carbocycles. The van der Waals surface area contributed by atoms with Gasteiger partial charge in [-0.25, -0.2) is 4.39 Å². The van der Waals surface area contributed by atoms with Gasteiger partial charge in [0, 0.05) is 24.6 Å². The second kappa shape index (κ2) is 12.7. The first-order valence-electron chi connectivity index (χ1n) is 11.0. The van der Waals surface area contributed by atoms with Crippen molar-refractivity contribution in [1.82, 2.24) is 10.2 Å². The zero-order chi connectivity index (χ0) is 23.5. The van der Waals surface area contributed by atoms with Gasteiger partial charge in [-0.3, -0.25) is 9.59 Å². The summed E-state index contributed by atoms with van der Waals surface area (Å²) in [6.07, 6.45) is 1.44. The van der Waals surface area contributed by atoms with Crippen LogP contribution in [-0.2, 0) is 16.1 Å². The summed E-state index contributed by atoms with van der Waals surface area (Å²) in [5, 5.41) is 2.90. The number of nitrogens with one attached hydrogen (secondary N) is 1. The van der Waals surface area contributed by atoms with E-state index in [1.807, 2.05) is 13.8 Å². The number of halogens is 1. The Bertz CT molecular complexity index is 873. The van der Waals surface area contributed by atoms with Gasteiger partial charge >= 0.3 is 0 Å². The molecular weight excluding hydrogens is 411 g/mol. The lowest BCUT2D eigenvalue weighted by molar-refractivity contribution is -0.141. The molecule has 2 amide bonds. The molecular formula is C25H33FN2O4. The number of carbonyl (C=O) groups is 2. The summed E-state index contributed by atoms with van der Waals surface area (Å²) in [5.74, 6) is 0.545. The van der Waals surface area contributed by atoms with Crippen molar-refractivity contribution in [3.05, 3.63) is 59.9 Å². The maximum atomic E-state index is 14.2. The predicted octanol–water partition coefficient (Wildman–Crippen LogP) is 4.33. The van der Waals surface area contributed by atoms with Gasteiger partial charge in [0.05, 0.1) is 13.7 Å². The molecule has 0 fully saturated rings. The minimum Gasteiger partial charge on any atom is -0.497 e. The molecule has 2 aromatic rings. The van der Waals surface area contributed by atoms with Crippen molar-refractivity contribution in [3.63, 3.8) is 0 Å². The predicted molar refractivity (Wildman–Crippen MR) is 122 cm³/mol. The Kier molecular flexibility index (Phi) is 9.98. The first-order chi connectivity index (χ1) is 15.3. The molecule has 0 saturated carbocycles. The molecule has 32 heavy (non-hydrogen) atoms. The van der Waals surface area contributed by atoms with Crippen LogP contribution < -0.4 is 14.8 Å². The van der Waals surface area contributed by atoms with Gasteiger partial charge in [0.2, 0.25) is 11.8 Å². The zero-order valence-corrected chi connectivity index (χ0v) is 19.3. The normalized spacial score (nSPS) is 12.5. The van der Waals surface area contributed by atoms with Crippen LogP contribution in [0.3, 0.4) is 0 Å². The van der Waals surface area contributed by atoms with Gasteiger partial charge in [0.15, 0.2) is 0 Å². The average molecular weight is 445 g/mol. The fraction of sp³-hybridized carbons (Fsp3) is 0.440. The number of amides is 2. The van der Waals surface area contributed by atoms with E-state index in [4.69, 9.17) is 9.47 Å². The molecule has 0 heterocycles. The minimum absolute atomic E-state index is 0.00624. The van der Waals surface area contributed by atoms with Gasteiger partial charge in [0.25, 0.3) is 0 Å². The highest BCUT2D eigenvalue weighted by atomic mass is 19.1. The lowest BCUT2D eigenvalue weighted by Gasteiger charge is -2.30. The van der Waals surface area contributed by atoms with Crippen LogP contribution in [0, 0.1) is 5.82 Å². The molecule has 0 bridgehead atoms. The van der Waals surface area contributed by atoms with Crippen molar-refractivity contribution in [3.8, 4) is 11.5 Å². The quantitative estimate of drug-likeness (QED) is 0.495. The van der Waals surface area contributed by atoms with Crippen LogP contribution in [0.1, 0.15) is 45.6 Å². The molecule has 174 valence electrons. The van der Waals surface area contributed by atoms with Gasteiger partial charge in [-0.2, -0.15) is 0 Å². The Labute approximate surface area is 189 Å². The fourth-order valence-electron chi connectivity index (χ4n) is 3.09. The van der Waals surface area contributed by atoms with Crippen molar-refractivity contribution in [1.29, 1.82) is 0 Å². The summed E-state index contributed by atoms with van der Waals surface area (Å²) in [6, 6.07) is 12.8. The molecule has 2 atom stereocenters. The molecule has 2 rings (SSSR count). The molecule has 2 aromatic carbocycles. The highest BCUT2D eigenvalue weighted by Gasteiger charge is 2.27. The van der Waals surface area contributed by atoms with E-state index in [2.05, 4.69) is 5.32 Å². The molecule has 0 radical (unpaired) electrons. The molecule has 1 N–H and O–H groups in total. The van der Waals surface area contributed by atoms with Crippen molar-refractivity contribution < 1.29 is 23.5 Å². The first-order valence-corrected chi connectivity index (χ1v) is 11.0. The second-order valence-corrected chi connectivity index (χ2v) is 7.73. The number of rotatable bonds is 12. The lowest BCUT2D eigenvalue weighted by atomic mass is 10.1. The van der Waals surface area contributed by atoms with Crippen molar-refractivity contribution >= 4 is 11.8 Å². The minimum atomic E-state index is -0.724. The molecule has 6 nitrogen and oxygen atoms in total. The monoisotopic (exact) mass is 444 g/mol. The number of methoxy groups -OCH3 is 1. The van der Waals surface area contributed by atoms with Crippen LogP contribution in [0.2, 0.25) is 0 Å². The van der Waals surface area contributed by atoms with Crippen LogP contribution in [0.4, 0.5) is 4.39 Å². The van der Waals surface area contributed by atoms with E-state index in [9.17, 15) is 14.0 Å². The van der Waals surface area contributed by atoms with E-state index in [1.165, 1.54) is 11.0 Å². The van der Waals surface area contributed by atoms with Crippen LogP contribution in [-0.4, -0.2) is 42.5 Å². The Morgan fingerprint density at radius 1 is 1.06 bits per heavy atom. The third-order valence-electron chi connectivity index (χ3n) is 5.33. The number of carbonyl (C=O) groups excluding carboxylic acids is 2. The van der Waals surface area contributed by atoms with Crippen LogP contribution in [0.25, 0.3) is 0 Å². The summed E-state index contributed by atoms with van der Waals surface area (Å²) in [6.45, 7) is 5.92. The first kappa shape index (κ1) is 25.2. The van der Waals surface area contributed by atoms with Gasteiger partial charge in [-0.05, 0) is 57.0 Å². The molecule has 0 aliphatic rings. The molecule has 0 aromatic heterocycles. The van der Waals surface area contributed by atoms with Crippen molar-refractivity contribution in [2.45, 2.75) is 58.7 Å². The van der Waals surface area contributed by atoms with Crippen LogP contribution in [0.15, 0.2) is 48.5 Å². The number of hydrogen-bond acceptors (Lipinski definition) is 4. The topological polar surface area (TPSA) is 67.9 Å². The van der Waals surface area contributed by atoms with E-state index in [1.54, 1.807) is 56.5 Å². The summed E-state index contributed by atoms with van der Waals surface area (Å²) in [5.41, 5.74) is 0.374. The largest absolute Gasteiger partial charge is 0.497 e. The third-order valence-corrected chi connectivity index (χ3v) is 5.33. The number of nitrogens with zero attached hydrogens (tertiary/aromatic N) is 1.